The lowest BCUT2D eigenvalue weighted by atomic mass is 10.1. The third-order valence-corrected chi connectivity index (χ3v) is 2.37. The molecular formula is C13H11FN2O. The van der Waals surface area contributed by atoms with Gasteiger partial charge in [0.05, 0.1) is 0 Å². The molecule has 0 aliphatic heterocycles. The zero-order valence-electron chi connectivity index (χ0n) is 9.27. The number of carbonyl (C=O) groups excluding carboxylic acids is 1. The number of nitrogens with one attached hydrogen (secondary N) is 1. The summed E-state index contributed by atoms with van der Waals surface area (Å²) in [5.74, 6) is -0.600. The molecule has 1 aromatic heterocycles. The lowest BCUT2D eigenvalue weighted by molar-refractivity contribution is 0.102. The van der Waals surface area contributed by atoms with E-state index < -0.39 is 0 Å². The molecule has 0 fully saturated rings. The second-order valence-electron chi connectivity index (χ2n) is 3.65. The predicted molar refractivity (Wildman–Crippen MR) is 63.3 cm³/mol. The van der Waals surface area contributed by atoms with E-state index in [9.17, 15) is 9.18 Å². The second-order valence-corrected chi connectivity index (χ2v) is 3.65. The van der Waals surface area contributed by atoms with Crippen molar-refractivity contribution < 1.29 is 9.18 Å². The zero-order chi connectivity index (χ0) is 12.3. The Morgan fingerprint density at radius 2 is 1.94 bits per heavy atom. The van der Waals surface area contributed by atoms with E-state index in [0.29, 0.717) is 16.8 Å². The average Bonchev–Trinajstić information content (AvgIpc) is 2.30. The molecule has 1 amide bonds. The van der Waals surface area contributed by atoms with E-state index in [1.54, 1.807) is 31.5 Å². The number of amides is 1. The van der Waals surface area contributed by atoms with Gasteiger partial charge in [-0.1, -0.05) is 0 Å². The Morgan fingerprint density at radius 1 is 1.24 bits per heavy atom. The SMILES string of the molecule is Cc1cc(F)ccc1C(=O)Nc1ccncc1. The summed E-state index contributed by atoms with van der Waals surface area (Å²) in [5, 5.41) is 2.72. The first-order valence-corrected chi connectivity index (χ1v) is 5.14. The van der Waals surface area contributed by atoms with E-state index in [2.05, 4.69) is 10.3 Å². The molecule has 86 valence electrons. The molecule has 4 heteroatoms. The van der Waals surface area contributed by atoms with Crippen molar-refractivity contribution in [1.82, 2.24) is 4.98 Å². The first kappa shape index (κ1) is 11.3. The van der Waals surface area contributed by atoms with Gasteiger partial charge in [0.2, 0.25) is 0 Å². The molecule has 0 saturated heterocycles. The number of benzene rings is 1. The Labute approximate surface area is 98.3 Å². The van der Waals surface area contributed by atoms with E-state index >= 15 is 0 Å². The summed E-state index contributed by atoms with van der Waals surface area (Å²) >= 11 is 0. The predicted octanol–water partition coefficient (Wildman–Crippen LogP) is 2.78. The smallest absolute Gasteiger partial charge is 0.255 e. The molecule has 0 aliphatic rings. The van der Waals surface area contributed by atoms with Gasteiger partial charge in [-0.25, -0.2) is 4.39 Å². The molecule has 0 atom stereocenters. The van der Waals surface area contributed by atoms with Crippen LogP contribution in [0, 0.1) is 12.7 Å². The maximum atomic E-state index is 12.9. The quantitative estimate of drug-likeness (QED) is 0.861. The highest BCUT2D eigenvalue weighted by Gasteiger charge is 2.09. The van der Waals surface area contributed by atoms with E-state index in [0.717, 1.165) is 0 Å². The Balaban J connectivity index is 2.21. The second kappa shape index (κ2) is 4.74. The van der Waals surface area contributed by atoms with Gasteiger partial charge in [-0.3, -0.25) is 9.78 Å². The molecule has 0 unspecified atom stereocenters. The fraction of sp³-hybridized carbons (Fsp3) is 0.0769. The van der Waals surface area contributed by atoms with Crippen LogP contribution in [0.3, 0.4) is 0 Å². The molecule has 0 aliphatic carbocycles. The summed E-state index contributed by atoms with van der Waals surface area (Å²) in [6.07, 6.45) is 3.18. The molecule has 1 heterocycles. The normalized spacial score (nSPS) is 10.0. The maximum absolute atomic E-state index is 12.9. The zero-order valence-corrected chi connectivity index (χ0v) is 9.27. The van der Waals surface area contributed by atoms with Crippen molar-refractivity contribution in [2.45, 2.75) is 6.92 Å². The number of aromatic nitrogens is 1. The molecule has 0 spiro atoms. The van der Waals surface area contributed by atoms with Gasteiger partial charge in [-0.15, -0.1) is 0 Å². The summed E-state index contributed by atoms with van der Waals surface area (Å²) in [4.78, 5) is 15.7. The number of rotatable bonds is 2. The lowest BCUT2D eigenvalue weighted by Crippen LogP contribution is -2.13. The highest BCUT2D eigenvalue weighted by Crippen LogP contribution is 2.13. The summed E-state index contributed by atoms with van der Waals surface area (Å²) in [6, 6.07) is 7.46. The minimum atomic E-state index is -0.344. The van der Waals surface area contributed by atoms with Gasteiger partial charge < -0.3 is 5.32 Å². The van der Waals surface area contributed by atoms with E-state index in [4.69, 9.17) is 0 Å². The topological polar surface area (TPSA) is 42.0 Å². The van der Waals surface area contributed by atoms with Crippen LogP contribution >= 0.6 is 0 Å². The number of nitrogens with zero attached hydrogens (tertiary/aromatic N) is 1. The number of pyridine rings is 1. The van der Waals surface area contributed by atoms with Gasteiger partial charge >= 0.3 is 0 Å². The molecule has 2 rings (SSSR count). The summed E-state index contributed by atoms with van der Waals surface area (Å²) < 4.78 is 12.9. The van der Waals surface area contributed by atoms with Crippen molar-refractivity contribution in [3.05, 3.63) is 59.7 Å². The number of hydrogen-bond acceptors (Lipinski definition) is 2. The molecular weight excluding hydrogens is 219 g/mol. The Morgan fingerprint density at radius 3 is 2.59 bits per heavy atom. The first-order chi connectivity index (χ1) is 8.16. The van der Waals surface area contributed by atoms with Crippen molar-refractivity contribution in [1.29, 1.82) is 0 Å². The van der Waals surface area contributed by atoms with Crippen LogP contribution in [0.5, 0.6) is 0 Å². The van der Waals surface area contributed by atoms with Crippen molar-refractivity contribution in [3.8, 4) is 0 Å². The van der Waals surface area contributed by atoms with Gasteiger partial charge in [0, 0.05) is 23.6 Å². The van der Waals surface area contributed by atoms with Gasteiger partial charge in [-0.05, 0) is 42.8 Å². The number of aryl methyl sites for hydroxylation is 1. The van der Waals surface area contributed by atoms with Crippen LogP contribution in [-0.4, -0.2) is 10.9 Å². The molecule has 0 radical (unpaired) electrons. The van der Waals surface area contributed by atoms with Crippen LogP contribution in [0.15, 0.2) is 42.7 Å². The molecule has 3 nitrogen and oxygen atoms in total. The van der Waals surface area contributed by atoms with E-state index in [1.165, 1.54) is 18.2 Å². The Hall–Kier alpha value is -2.23. The van der Waals surface area contributed by atoms with Crippen molar-refractivity contribution in [2.75, 3.05) is 5.32 Å². The first-order valence-electron chi connectivity index (χ1n) is 5.14. The van der Waals surface area contributed by atoms with Crippen LogP contribution in [-0.2, 0) is 0 Å². The van der Waals surface area contributed by atoms with Crippen molar-refractivity contribution in [3.63, 3.8) is 0 Å². The third kappa shape index (κ3) is 2.66. The summed E-state index contributed by atoms with van der Waals surface area (Å²) in [7, 11) is 0. The Bertz CT molecular complexity index is 540. The van der Waals surface area contributed by atoms with Gasteiger partial charge in [0.15, 0.2) is 0 Å². The fourth-order valence-electron chi connectivity index (χ4n) is 1.52. The fourth-order valence-corrected chi connectivity index (χ4v) is 1.52. The van der Waals surface area contributed by atoms with E-state index in [-0.39, 0.29) is 11.7 Å². The number of anilines is 1. The van der Waals surface area contributed by atoms with Crippen molar-refractivity contribution in [2.24, 2.45) is 0 Å². The Kier molecular flexibility index (Phi) is 3.14. The van der Waals surface area contributed by atoms with Crippen LogP contribution in [0.4, 0.5) is 10.1 Å². The number of carbonyl (C=O) groups is 1. The summed E-state index contributed by atoms with van der Waals surface area (Å²) in [6.45, 7) is 1.70. The summed E-state index contributed by atoms with van der Waals surface area (Å²) in [5.41, 5.74) is 1.73. The number of halogens is 1. The molecule has 1 aromatic carbocycles. The molecule has 2 aromatic rings. The van der Waals surface area contributed by atoms with Crippen LogP contribution < -0.4 is 5.32 Å². The highest BCUT2D eigenvalue weighted by molar-refractivity contribution is 6.05. The van der Waals surface area contributed by atoms with Gasteiger partial charge in [-0.2, -0.15) is 0 Å². The lowest BCUT2D eigenvalue weighted by Gasteiger charge is -2.07. The maximum Gasteiger partial charge on any atom is 0.255 e. The molecule has 17 heavy (non-hydrogen) atoms. The molecule has 1 N–H and O–H groups in total. The monoisotopic (exact) mass is 230 g/mol. The molecule has 0 bridgehead atoms. The largest absolute Gasteiger partial charge is 0.322 e. The molecule has 0 saturated carbocycles. The highest BCUT2D eigenvalue weighted by atomic mass is 19.1. The van der Waals surface area contributed by atoms with Gasteiger partial charge in [0.1, 0.15) is 5.82 Å². The minimum absolute atomic E-state index is 0.256. The average molecular weight is 230 g/mol. The van der Waals surface area contributed by atoms with E-state index in [1.807, 2.05) is 0 Å². The standard InChI is InChI=1S/C13H11FN2O/c1-9-8-10(14)2-3-12(9)13(17)16-11-4-6-15-7-5-11/h2-8H,1H3,(H,15,16,17). The minimum Gasteiger partial charge on any atom is -0.322 e. The van der Waals surface area contributed by atoms with Crippen LogP contribution in [0.2, 0.25) is 0 Å². The third-order valence-electron chi connectivity index (χ3n) is 2.37. The van der Waals surface area contributed by atoms with Crippen molar-refractivity contribution >= 4 is 11.6 Å². The number of hydrogen-bond donors (Lipinski definition) is 1. The van der Waals surface area contributed by atoms with Crippen LogP contribution in [0.1, 0.15) is 15.9 Å². The van der Waals surface area contributed by atoms with Gasteiger partial charge in [0.25, 0.3) is 5.91 Å². The van der Waals surface area contributed by atoms with Crippen LogP contribution in [0.25, 0.3) is 0 Å².